The molecule has 34 heavy (non-hydrogen) atoms. The zero-order valence-corrected chi connectivity index (χ0v) is 20.8. The molecular formula is C22H21Cl2F2N3O3S2. The summed E-state index contributed by atoms with van der Waals surface area (Å²) in [6.45, 7) is 0.0903. The number of hydrogen-bond acceptors (Lipinski definition) is 6. The molecule has 0 saturated heterocycles. The Morgan fingerprint density at radius 2 is 1.97 bits per heavy atom. The first-order valence-corrected chi connectivity index (χ1v) is 12.7. The molecule has 12 heteroatoms. The largest absolute Gasteiger partial charge is 0.491 e. The van der Waals surface area contributed by atoms with Gasteiger partial charge in [0.25, 0.3) is 10.0 Å². The van der Waals surface area contributed by atoms with Crippen molar-refractivity contribution >= 4 is 56.1 Å². The Labute approximate surface area is 211 Å². The van der Waals surface area contributed by atoms with E-state index in [1.807, 2.05) is 6.08 Å². The Bertz CT molecular complexity index is 1270. The molecule has 1 aliphatic carbocycles. The molecule has 0 unspecified atom stereocenters. The summed E-state index contributed by atoms with van der Waals surface area (Å²) in [5.41, 5.74) is 8.06. The summed E-state index contributed by atoms with van der Waals surface area (Å²) in [5.74, 6) is -1.59. The van der Waals surface area contributed by atoms with Crippen LogP contribution in [0.5, 0.6) is 5.75 Å². The lowest BCUT2D eigenvalue weighted by Gasteiger charge is -2.30. The maximum atomic E-state index is 14.7. The van der Waals surface area contributed by atoms with Crippen LogP contribution in [0, 0.1) is 17.6 Å². The minimum atomic E-state index is -4.22. The molecule has 1 heterocycles. The van der Waals surface area contributed by atoms with Crippen LogP contribution in [0.2, 0.25) is 5.02 Å². The Balaban J connectivity index is 0.00000324. The molecule has 0 aliphatic heterocycles. The van der Waals surface area contributed by atoms with E-state index in [0.717, 1.165) is 47.4 Å². The van der Waals surface area contributed by atoms with E-state index in [-0.39, 0.29) is 52.7 Å². The van der Waals surface area contributed by atoms with Crippen molar-refractivity contribution in [2.45, 2.75) is 23.8 Å². The highest BCUT2D eigenvalue weighted by atomic mass is 35.5. The van der Waals surface area contributed by atoms with E-state index in [1.165, 1.54) is 18.3 Å². The Morgan fingerprint density at radius 1 is 1.24 bits per heavy atom. The van der Waals surface area contributed by atoms with Gasteiger partial charge in [0.05, 0.1) is 11.6 Å². The van der Waals surface area contributed by atoms with Crippen LogP contribution in [0.1, 0.15) is 18.4 Å². The lowest BCUT2D eigenvalue weighted by atomic mass is 9.81. The van der Waals surface area contributed by atoms with E-state index in [4.69, 9.17) is 22.1 Å². The SMILES string of the molecule is Cl.N[C@@H]1CCC=C(c2ccc(F)cc2)[C@H]1COc1cc(F)c(S(=O)(=O)Nc2nccs2)cc1Cl. The van der Waals surface area contributed by atoms with Crippen molar-refractivity contribution in [3.63, 3.8) is 0 Å². The second kappa shape index (κ2) is 11.0. The lowest BCUT2D eigenvalue weighted by molar-refractivity contribution is 0.252. The predicted molar refractivity (Wildman–Crippen MR) is 132 cm³/mol. The number of halogens is 4. The molecule has 3 N–H and O–H groups in total. The third-order valence-electron chi connectivity index (χ3n) is 5.31. The van der Waals surface area contributed by atoms with E-state index >= 15 is 0 Å². The van der Waals surface area contributed by atoms with Crippen molar-refractivity contribution in [1.82, 2.24) is 4.98 Å². The number of nitrogens with one attached hydrogen (secondary N) is 1. The molecule has 1 aliphatic rings. The molecule has 1 aromatic heterocycles. The quantitative estimate of drug-likeness (QED) is 0.407. The molecule has 0 fully saturated rings. The molecule has 6 nitrogen and oxygen atoms in total. The second-order valence-electron chi connectivity index (χ2n) is 7.48. The molecule has 0 bridgehead atoms. The van der Waals surface area contributed by atoms with Gasteiger partial charge in [-0.1, -0.05) is 29.8 Å². The number of anilines is 1. The van der Waals surface area contributed by atoms with Gasteiger partial charge in [-0.05, 0) is 42.2 Å². The van der Waals surface area contributed by atoms with Crippen molar-refractivity contribution in [3.8, 4) is 5.75 Å². The Kier molecular flexibility index (Phi) is 8.53. The number of aromatic nitrogens is 1. The highest BCUT2D eigenvalue weighted by molar-refractivity contribution is 7.93. The van der Waals surface area contributed by atoms with E-state index in [9.17, 15) is 17.2 Å². The van der Waals surface area contributed by atoms with Crippen molar-refractivity contribution in [2.24, 2.45) is 11.7 Å². The van der Waals surface area contributed by atoms with E-state index in [0.29, 0.717) is 0 Å². The number of nitrogens with zero attached hydrogens (tertiary/aromatic N) is 1. The fraction of sp³-hybridized carbons (Fsp3) is 0.227. The predicted octanol–water partition coefficient (Wildman–Crippen LogP) is 5.50. The van der Waals surface area contributed by atoms with Crippen LogP contribution < -0.4 is 15.2 Å². The van der Waals surface area contributed by atoms with Crippen LogP contribution in [-0.2, 0) is 10.0 Å². The van der Waals surface area contributed by atoms with Gasteiger partial charge in [-0.3, -0.25) is 4.72 Å². The van der Waals surface area contributed by atoms with Gasteiger partial charge in [-0.2, -0.15) is 0 Å². The standard InChI is InChI=1S/C22H20ClF2N3O3S2.ClH/c23-17-10-21(33(29,30)28-22-27-8-9-32-22)18(25)11-20(17)31-12-16-15(2-1-3-19(16)26)13-4-6-14(24)7-5-13;/h2,4-11,16,19H,1,3,12,26H2,(H,27,28);1H/t16-,19-;/m1./s1. The molecule has 4 rings (SSSR count). The van der Waals surface area contributed by atoms with Crippen molar-refractivity contribution in [2.75, 3.05) is 11.3 Å². The first-order valence-electron chi connectivity index (χ1n) is 10.0. The van der Waals surface area contributed by atoms with Gasteiger partial charge in [0.15, 0.2) is 5.13 Å². The summed E-state index contributed by atoms with van der Waals surface area (Å²) >= 11 is 7.29. The maximum Gasteiger partial charge on any atom is 0.266 e. The number of nitrogens with two attached hydrogens (primary N) is 1. The number of thiazole rings is 1. The summed E-state index contributed by atoms with van der Waals surface area (Å²) in [6, 6.07) is 7.81. The van der Waals surface area contributed by atoms with E-state index in [2.05, 4.69) is 9.71 Å². The van der Waals surface area contributed by atoms with Crippen LogP contribution in [0.3, 0.4) is 0 Å². The van der Waals surface area contributed by atoms with Crippen LogP contribution in [0.4, 0.5) is 13.9 Å². The zero-order valence-electron chi connectivity index (χ0n) is 17.6. The number of benzene rings is 2. The normalized spacial score (nSPS) is 18.1. The van der Waals surface area contributed by atoms with Gasteiger partial charge in [-0.15, -0.1) is 23.7 Å². The van der Waals surface area contributed by atoms with Crippen molar-refractivity contribution in [3.05, 3.63) is 76.3 Å². The second-order valence-corrected chi connectivity index (χ2v) is 10.4. The van der Waals surface area contributed by atoms with Crippen molar-refractivity contribution < 1.29 is 21.9 Å². The molecule has 3 aromatic rings. The Hall–Kier alpha value is -2.24. The fourth-order valence-electron chi connectivity index (χ4n) is 3.65. The molecular weight excluding hydrogens is 527 g/mol. The van der Waals surface area contributed by atoms with Crippen LogP contribution >= 0.6 is 35.3 Å². The van der Waals surface area contributed by atoms with Crippen LogP contribution in [-0.4, -0.2) is 26.1 Å². The topological polar surface area (TPSA) is 94.3 Å². The Morgan fingerprint density at radius 3 is 2.65 bits per heavy atom. The molecule has 0 spiro atoms. The fourth-order valence-corrected chi connectivity index (χ4v) is 5.81. The zero-order chi connectivity index (χ0) is 23.6. The average Bonchev–Trinajstić information content (AvgIpc) is 3.27. The third-order valence-corrected chi connectivity index (χ3v) is 7.77. The highest BCUT2D eigenvalue weighted by Gasteiger charge is 2.28. The van der Waals surface area contributed by atoms with Crippen LogP contribution in [0.25, 0.3) is 5.57 Å². The molecule has 0 saturated carbocycles. The summed E-state index contributed by atoms with van der Waals surface area (Å²) in [6.07, 6.45) is 4.97. The van der Waals surface area contributed by atoms with Gasteiger partial charge in [0.1, 0.15) is 22.3 Å². The molecule has 0 amide bonds. The van der Waals surface area contributed by atoms with Gasteiger partial charge in [0, 0.05) is 29.6 Å². The number of ether oxygens (including phenoxy) is 1. The number of sulfonamides is 1. The van der Waals surface area contributed by atoms with Crippen molar-refractivity contribution in [1.29, 1.82) is 0 Å². The minimum Gasteiger partial charge on any atom is -0.491 e. The van der Waals surface area contributed by atoms with Gasteiger partial charge in [0.2, 0.25) is 0 Å². The van der Waals surface area contributed by atoms with Gasteiger partial charge >= 0.3 is 0 Å². The summed E-state index contributed by atoms with van der Waals surface area (Å²) in [7, 11) is -4.22. The van der Waals surface area contributed by atoms with Gasteiger partial charge in [-0.25, -0.2) is 22.2 Å². The monoisotopic (exact) mass is 547 g/mol. The minimum absolute atomic E-state index is 0. The van der Waals surface area contributed by atoms with Gasteiger partial charge < -0.3 is 10.5 Å². The summed E-state index contributed by atoms with van der Waals surface area (Å²) < 4.78 is 61.1. The van der Waals surface area contributed by atoms with Crippen LogP contribution in [0.15, 0.2) is 58.9 Å². The number of hydrogen-bond donors (Lipinski definition) is 2. The van der Waals surface area contributed by atoms with E-state index < -0.39 is 20.7 Å². The molecule has 2 atom stereocenters. The molecule has 2 aromatic carbocycles. The van der Waals surface area contributed by atoms with E-state index in [1.54, 1.807) is 17.5 Å². The third kappa shape index (κ3) is 5.87. The molecule has 0 radical (unpaired) electrons. The smallest absolute Gasteiger partial charge is 0.266 e. The molecule has 182 valence electrons. The summed E-state index contributed by atoms with van der Waals surface area (Å²) in [4.78, 5) is 3.22. The number of rotatable bonds is 7. The summed E-state index contributed by atoms with van der Waals surface area (Å²) in [5, 5.41) is 1.63. The average molecular weight is 548 g/mol. The maximum absolute atomic E-state index is 14.7. The highest BCUT2D eigenvalue weighted by Crippen LogP contribution is 2.35. The number of allylic oxidation sites excluding steroid dienone is 1. The first kappa shape index (κ1) is 26.4. The first-order chi connectivity index (χ1) is 15.7. The lowest BCUT2D eigenvalue weighted by Crippen LogP contribution is -2.36.